The Morgan fingerprint density at radius 1 is 1.18 bits per heavy atom. The first-order valence-electron chi connectivity index (χ1n) is 5.54. The number of benzene rings is 1. The average molecular weight is 224 g/mol. The number of rotatable bonds is 1. The van der Waals surface area contributed by atoms with Gasteiger partial charge in [0.25, 0.3) is 0 Å². The number of hydrogen-bond donors (Lipinski definition) is 0. The Kier molecular flexibility index (Phi) is 2.01. The SMILES string of the molecule is Cc1nc2c3cccc(C)c3ccn2c1C=O. The molecule has 0 aliphatic heterocycles. The zero-order valence-electron chi connectivity index (χ0n) is 9.77. The fourth-order valence-electron chi connectivity index (χ4n) is 2.29. The van der Waals surface area contributed by atoms with Gasteiger partial charge in [0.15, 0.2) is 6.29 Å². The third-order valence-corrected chi connectivity index (χ3v) is 3.20. The number of aldehydes is 1. The molecule has 2 aromatic heterocycles. The zero-order valence-corrected chi connectivity index (χ0v) is 9.77. The summed E-state index contributed by atoms with van der Waals surface area (Å²) in [6, 6.07) is 8.17. The van der Waals surface area contributed by atoms with Gasteiger partial charge in [0.05, 0.1) is 5.69 Å². The molecule has 0 N–H and O–H groups in total. The fourth-order valence-corrected chi connectivity index (χ4v) is 2.29. The monoisotopic (exact) mass is 224 g/mol. The molecular weight excluding hydrogens is 212 g/mol. The predicted octanol–water partition coefficient (Wildman–Crippen LogP) is 2.92. The molecule has 0 aliphatic rings. The summed E-state index contributed by atoms with van der Waals surface area (Å²) in [5, 5.41) is 2.27. The first-order valence-corrected chi connectivity index (χ1v) is 5.54. The molecule has 3 nitrogen and oxygen atoms in total. The van der Waals surface area contributed by atoms with Crippen LogP contribution in [0.4, 0.5) is 0 Å². The van der Waals surface area contributed by atoms with E-state index in [2.05, 4.69) is 18.0 Å². The second kappa shape index (κ2) is 3.42. The number of hydrogen-bond acceptors (Lipinski definition) is 2. The van der Waals surface area contributed by atoms with Crippen LogP contribution in [0, 0.1) is 13.8 Å². The topological polar surface area (TPSA) is 34.4 Å². The largest absolute Gasteiger partial charge is 0.297 e. The van der Waals surface area contributed by atoms with Crippen LogP contribution in [0.25, 0.3) is 16.4 Å². The van der Waals surface area contributed by atoms with Gasteiger partial charge in [0.1, 0.15) is 11.3 Å². The normalized spacial score (nSPS) is 11.2. The number of pyridine rings is 1. The molecule has 0 saturated heterocycles. The van der Waals surface area contributed by atoms with Gasteiger partial charge in [-0.05, 0) is 30.9 Å². The van der Waals surface area contributed by atoms with E-state index in [9.17, 15) is 4.79 Å². The molecule has 84 valence electrons. The van der Waals surface area contributed by atoms with Crippen LogP contribution in [0.1, 0.15) is 21.7 Å². The molecule has 3 aromatic rings. The molecule has 0 spiro atoms. The van der Waals surface area contributed by atoms with Crippen LogP contribution in [0.2, 0.25) is 0 Å². The molecule has 0 bridgehead atoms. The van der Waals surface area contributed by atoms with Crippen molar-refractivity contribution in [1.29, 1.82) is 0 Å². The van der Waals surface area contributed by atoms with Crippen molar-refractivity contribution >= 4 is 22.7 Å². The second-order valence-corrected chi connectivity index (χ2v) is 4.25. The molecule has 17 heavy (non-hydrogen) atoms. The van der Waals surface area contributed by atoms with Gasteiger partial charge in [0.2, 0.25) is 0 Å². The van der Waals surface area contributed by atoms with Crippen LogP contribution in [0.3, 0.4) is 0 Å². The summed E-state index contributed by atoms with van der Waals surface area (Å²) >= 11 is 0. The smallest absolute Gasteiger partial charge is 0.168 e. The van der Waals surface area contributed by atoms with E-state index in [0.29, 0.717) is 5.69 Å². The molecular formula is C14H12N2O. The van der Waals surface area contributed by atoms with Gasteiger partial charge in [-0.1, -0.05) is 18.2 Å². The summed E-state index contributed by atoms with van der Waals surface area (Å²) in [5.41, 5.74) is 3.47. The van der Waals surface area contributed by atoms with Crippen LogP contribution < -0.4 is 0 Å². The number of carbonyl (C=O) groups is 1. The zero-order chi connectivity index (χ0) is 12.0. The van der Waals surface area contributed by atoms with Crippen LogP contribution >= 0.6 is 0 Å². The Morgan fingerprint density at radius 3 is 2.76 bits per heavy atom. The number of aryl methyl sites for hydroxylation is 2. The first kappa shape index (κ1) is 10.0. The van der Waals surface area contributed by atoms with E-state index in [1.807, 2.05) is 35.7 Å². The van der Waals surface area contributed by atoms with Crippen molar-refractivity contribution < 1.29 is 4.79 Å². The lowest BCUT2D eigenvalue weighted by atomic mass is 10.1. The van der Waals surface area contributed by atoms with E-state index >= 15 is 0 Å². The van der Waals surface area contributed by atoms with Gasteiger partial charge in [-0.15, -0.1) is 0 Å². The lowest BCUT2D eigenvalue weighted by Gasteiger charge is -2.03. The van der Waals surface area contributed by atoms with Crippen molar-refractivity contribution in [3.63, 3.8) is 0 Å². The highest BCUT2D eigenvalue weighted by Gasteiger charge is 2.10. The third-order valence-electron chi connectivity index (χ3n) is 3.20. The Labute approximate surface area is 98.7 Å². The summed E-state index contributed by atoms with van der Waals surface area (Å²) in [4.78, 5) is 15.5. The maximum Gasteiger partial charge on any atom is 0.168 e. The highest BCUT2D eigenvalue weighted by Crippen LogP contribution is 2.23. The maximum absolute atomic E-state index is 11.0. The standard InChI is InChI=1S/C14H12N2O/c1-9-4-3-5-12-11(9)6-7-16-13(8-17)10(2)15-14(12)16/h3-8H,1-2H3. The van der Waals surface area contributed by atoms with E-state index < -0.39 is 0 Å². The lowest BCUT2D eigenvalue weighted by Crippen LogP contribution is -1.92. The molecule has 0 radical (unpaired) electrons. The van der Waals surface area contributed by atoms with E-state index in [-0.39, 0.29) is 0 Å². The maximum atomic E-state index is 11.0. The highest BCUT2D eigenvalue weighted by molar-refractivity contribution is 5.97. The number of carbonyl (C=O) groups excluding carboxylic acids is 1. The van der Waals surface area contributed by atoms with E-state index in [0.717, 1.165) is 23.0 Å². The minimum atomic E-state index is 0.628. The van der Waals surface area contributed by atoms with Gasteiger partial charge < -0.3 is 0 Å². The number of fused-ring (bicyclic) bond motifs is 3. The quantitative estimate of drug-likeness (QED) is 0.595. The second-order valence-electron chi connectivity index (χ2n) is 4.25. The molecule has 0 atom stereocenters. The predicted molar refractivity (Wildman–Crippen MR) is 67.6 cm³/mol. The van der Waals surface area contributed by atoms with Crippen molar-refractivity contribution in [2.24, 2.45) is 0 Å². The van der Waals surface area contributed by atoms with Crippen LogP contribution in [0.5, 0.6) is 0 Å². The third kappa shape index (κ3) is 1.29. The number of imidazole rings is 1. The molecule has 2 heterocycles. The lowest BCUT2D eigenvalue weighted by molar-refractivity contribution is 0.111. The molecule has 0 fully saturated rings. The summed E-state index contributed by atoms with van der Waals surface area (Å²) < 4.78 is 1.85. The van der Waals surface area contributed by atoms with E-state index in [4.69, 9.17) is 0 Å². The van der Waals surface area contributed by atoms with Gasteiger partial charge in [0, 0.05) is 11.6 Å². The molecule has 0 aliphatic carbocycles. The number of aromatic nitrogens is 2. The average Bonchev–Trinajstić information content (AvgIpc) is 2.65. The Balaban J connectivity index is 2.57. The van der Waals surface area contributed by atoms with Crippen molar-refractivity contribution in [2.45, 2.75) is 13.8 Å². The molecule has 0 unspecified atom stereocenters. The van der Waals surface area contributed by atoms with Crippen molar-refractivity contribution in [2.75, 3.05) is 0 Å². The molecule has 0 amide bonds. The van der Waals surface area contributed by atoms with Crippen molar-refractivity contribution in [3.05, 3.63) is 47.4 Å². The Hall–Kier alpha value is -2.16. The van der Waals surface area contributed by atoms with Crippen molar-refractivity contribution in [1.82, 2.24) is 9.38 Å². The van der Waals surface area contributed by atoms with Crippen LogP contribution in [0.15, 0.2) is 30.5 Å². The fraction of sp³-hybridized carbons (Fsp3) is 0.143. The minimum absolute atomic E-state index is 0.628. The first-order chi connectivity index (χ1) is 8.22. The van der Waals surface area contributed by atoms with Gasteiger partial charge in [-0.2, -0.15) is 0 Å². The van der Waals surface area contributed by atoms with Gasteiger partial charge in [-0.25, -0.2) is 4.98 Å². The number of nitrogens with zero attached hydrogens (tertiary/aromatic N) is 2. The summed E-state index contributed by atoms with van der Waals surface area (Å²) in [5.74, 6) is 0. The summed E-state index contributed by atoms with van der Waals surface area (Å²) in [6.07, 6.45) is 2.77. The Bertz CT molecular complexity index is 741. The minimum Gasteiger partial charge on any atom is -0.297 e. The van der Waals surface area contributed by atoms with Crippen LogP contribution in [-0.4, -0.2) is 15.7 Å². The van der Waals surface area contributed by atoms with Gasteiger partial charge >= 0.3 is 0 Å². The van der Waals surface area contributed by atoms with Crippen LogP contribution in [-0.2, 0) is 0 Å². The highest BCUT2D eigenvalue weighted by atomic mass is 16.1. The summed E-state index contributed by atoms with van der Waals surface area (Å²) in [6.45, 7) is 3.94. The molecule has 0 saturated carbocycles. The molecule has 3 heteroatoms. The molecule has 1 aromatic carbocycles. The Morgan fingerprint density at radius 2 is 2.00 bits per heavy atom. The summed E-state index contributed by atoms with van der Waals surface area (Å²) in [7, 11) is 0. The molecule has 3 rings (SSSR count). The van der Waals surface area contributed by atoms with Gasteiger partial charge in [-0.3, -0.25) is 9.20 Å². The van der Waals surface area contributed by atoms with Crippen molar-refractivity contribution in [3.8, 4) is 0 Å². The van der Waals surface area contributed by atoms with E-state index in [1.54, 1.807) is 0 Å². The van der Waals surface area contributed by atoms with E-state index in [1.165, 1.54) is 10.9 Å².